The Morgan fingerprint density at radius 1 is 1.38 bits per heavy atom. The number of hydrogen-bond donors (Lipinski definition) is 2. The lowest BCUT2D eigenvalue weighted by atomic mass is 9.94. The first kappa shape index (κ1) is 12.7. The number of likely N-dealkylation sites (N-methyl/N-ethyl adjacent to an activating group) is 1. The van der Waals surface area contributed by atoms with Crippen LogP contribution in [0.4, 0.5) is 0 Å². The summed E-state index contributed by atoms with van der Waals surface area (Å²) in [6.45, 7) is 6.26. The third-order valence-corrected chi connectivity index (χ3v) is 2.85. The number of benzene rings is 1. The number of nitrogens with one attached hydrogen (secondary N) is 1. The van der Waals surface area contributed by atoms with E-state index < -0.39 is 6.04 Å². The summed E-state index contributed by atoms with van der Waals surface area (Å²) in [6, 6.07) is 5.79. The maximum absolute atomic E-state index is 11.3. The van der Waals surface area contributed by atoms with Crippen molar-refractivity contribution in [3.63, 3.8) is 0 Å². The SMILES string of the molecule is CNC(C(N)=O)c1cc(C(C)C)ccc1C. The zero-order valence-corrected chi connectivity index (χ0v) is 10.4. The molecule has 3 N–H and O–H groups in total. The molecule has 3 nitrogen and oxygen atoms in total. The molecule has 0 bridgehead atoms. The highest BCUT2D eigenvalue weighted by molar-refractivity contribution is 5.81. The van der Waals surface area contributed by atoms with Crippen molar-refractivity contribution in [3.05, 3.63) is 34.9 Å². The number of carbonyl (C=O) groups is 1. The van der Waals surface area contributed by atoms with Crippen LogP contribution in [0.15, 0.2) is 18.2 Å². The van der Waals surface area contributed by atoms with Crippen molar-refractivity contribution in [2.24, 2.45) is 5.73 Å². The Morgan fingerprint density at radius 2 is 2.00 bits per heavy atom. The fraction of sp³-hybridized carbons (Fsp3) is 0.462. The van der Waals surface area contributed by atoms with E-state index in [1.54, 1.807) is 7.05 Å². The minimum Gasteiger partial charge on any atom is -0.368 e. The van der Waals surface area contributed by atoms with E-state index in [0.29, 0.717) is 5.92 Å². The highest BCUT2D eigenvalue weighted by Crippen LogP contribution is 2.23. The third-order valence-electron chi connectivity index (χ3n) is 2.85. The number of primary amides is 1. The highest BCUT2D eigenvalue weighted by Gasteiger charge is 2.18. The highest BCUT2D eigenvalue weighted by atomic mass is 16.1. The number of aryl methyl sites for hydroxylation is 1. The Morgan fingerprint density at radius 3 is 2.44 bits per heavy atom. The Kier molecular flexibility index (Phi) is 4.07. The van der Waals surface area contributed by atoms with Crippen molar-refractivity contribution in [1.29, 1.82) is 0 Å². The van der Waals surface area contributed by atoms with Gasteiger partial charge in [0, 0.05) is 0 Å². The lowest BCUT2D eigenvalue weighted by molar-refractivity contribution is -0.120. The molecule has 1 amide bonds. The average Bonchev–Trinajstić information content (AvgIpc) is 2.20. The summed E-state index contributed by atoms with van der Waals surface area (Å²) in [4.78, 5) is 11.3. The molecular weight excluding hydrogens is 200 g/mol. The largest absolute Gasteiger partial charge is 0.368 e. The predicted molar refractivity (Wildman–Crippen MR) is 66.3 cm³/mol. The van der Waals surface area contributed by atoms with E-state index in [2.05, 4.69) is 31.3 Å². The van der Waals surface area contributed by atoms with Gasteiger partial charge in [0.2, 0.25) is 5.91 Å². The fourth-order valence-corrected chi connectivity index (χ4v) is 1.78. The quantitative estimate of drug-likeness (QED) is 0.813. The van der Waals surface area contributed by atoms with Gasteiger partial charge in [-0.3, -0.25) is 4.79 Å². The van der Waals surface area contributed by atoms with Crippen LogP contribution in [0.2, 0.25) is 0 Å². The number of rotatable bonds is 4. The first-order chi connectivity index (χ1) is 7.47. The second kappa shape index (κ2) is 5.12. The van der Waals surface area contributed by atoms with Gasteiger partial charge < -0.3 is 11.1 Å². The Balaban J connectivity index is 3.19. The molecule has 1 aromatic rings. The Labute approximate surface area is 97.0 Å². The number of nitrogens with two attached hydrogens (primary N) is 1. The maximum Gasteiger partial charge on any atom is 0.239 e. The van der Waals surface area contributed by atoms with Gasteiger partial charge in [-0.2, -0.15) is 0 Å². The zero-order valence-electron chi connectivity index (χ0n) is 10.4. The molecular formula is C13H20N2O. The lowest BCUT2D eigenvalue weighted by Gasteiger charge is -2.17. The molecule has 16 heavy (non-hydrogen) atoms. The van der Waals surface area contributed by atoms with Crippen LogP contribution in [0.25, 0.3) is 0 Å². The van der Waals surface area contributed by atoms with E-state index in [-0.39, 0.29) is 5.91 Å². The maximum atomic E-state index is 11.3. The lowest BCUT2D eigenvalue weighted by Crippen LogP contribution is -2.31. The molecule has 0 aliphatic carbocycles. The van der Waals surface area contributed by atoms with Crippen LogP contribution < -0.4 is 11.1 Å². The molecule has 0 fully saturated rings. The van der Waals surface area contributed by atoms with Crippen LogP contribution in [-0.2, 0) is 4.79 Å². The van der Waals surface area contributed by atoms with Gasteiger partial charge in [0.05, 0.1) is 0 Å². The van der Waals surface area contributed by atoms with Gasteiger partial charge in [-0.1, -0.05) is 32.0 Å². The van der Waals surface area contributed by atoms with E-state index in [0.717, 1.165) is 11.1 Å². The van der Waals surface area contributed by atoms with Crippen molar-refractivity contribution < 1.29 is 4.79 Å². The van der Waals surface area contributed by atoms with Crippen molar-refractivity contribution in [2.45, 2.75) is 32.7 Å². The first-order valence-corrected chi connectivity index (χ1v) is 5.54. The minimum atomic E-state index is -0.404. The minimum absolute atomic E-state index is 0.341. The Bertz CT molecular complexity index is 386. The van der Waals surface area contributed by atoms with Crippen LogP contribution in [0.5, 0.6) is 0 Å². The molecule has 1 aromatic carbocycles. The van der Waals surface area contributed by atoms with Crippen LogP contribution in [0.1, 0.15) is 42.5 Å². The first-order valence-electron chi connectivity index (χ1n) is 5.54. The Hall–Kier alpha value is -1.35. The standard InChI is InChI=1S/C13H20N2O/c1-8(2)10-6-5-9(3)11(7-10)12(15-4)13(14)16/h5-8,12,15H,1-4H3,(H2,14,16). The third kappa shape index (κ3) is 2.61. The number of carbonyl (C=O) groups excluding carboxylic acids is 1. The molecule has 88 valence electrons. The van der Waals surface area contributed by atoms with E-state index in [4.69, 9.17) is 5.73 Å². The van der Waals surface area contributed by atoms with E-state index in [9.17, 15) is 4.79 Å². The van der Waals surface area contributed by atoms with Gasteiger partial charge in [0.1, 0.15) is 6.04 Å². The monoisotopic (exact) mass is 220 g/mol. The summed E-state index contributed by atoms with van der Waals surface area (Å²) in [5, 5.41) is 2.95. The molecule has 0 aromatic heterocycles. The molecule has 0 radical (unpaired) electrons. The molecule has 3 heteroatoms. The average molecular weight is 220 g/mol. The zero-order chi connectivity index (χ0) is 12.3. The summed E-state index contributed by atoms with van der Waals surface area (Å²) >= 11 is 0. The van der Waals surface area contributed by atoms with Gasteiger partial charge in [-0.15, -0.1) is 0 Å². The predicted octanol–water partition coefficient (Wildman–Crippen LogP) is 1.86. The topological polar surface area (TPSA) is 55.1 Å². The van der Waals surface area contributed by atoms with Gasteiger partial charge >= 0.3 is 0 Å². The molecule has 0 saturated heterocycles. The van der Waals surface area contributed by atoms with Crippen molar-refractivity contribution >= 4 is 5.91 Å². The summed E-state index contributed by atoms with van der Waals surface area (Å²) in [5.74, 6) is 0.108. The van der Waals surface area contributed by atoms with E-state index in [1.165, 1.54) is 5.56 Å². The van der Waals surface area contributed by atoms with Crippen LogP contribution in [0.3, 0.4) is 0 Å². The van der Waals surface area contributed by atoms with E-state index >= 15 is 0 Å². The normalized spacial score (nSPS) is 12.8. The van der Waals surface area contributed by atoms with Gasteiger partial charge in [-0.25, -0.2) is 0 Å². The smallest absolute Gasteiger partial charge is 0.239 e. The second-order valence-corrected chi connectivity index (χ2v) is 4.39. The fourth-order valence-electron chi connectivity index (χ4n) is 1.78. The number of hydrogen-bond acceptors (Lipinski definition) is 2. The molecule has 1 rings (SSSR count). The molecule has 0 aliphatic heterocycles. The molecule has 1 atom stereocenters. The van der Waals surface area contributed by atoms with Crippen LogP contribution >= 0.6 is 0 Å². The van der Waals surface area contributed by atoms with E-state index in [1.807, 2.05) is 13.0 Å². The molecule has 0 spiro atoms. The van der Waals surface area contributed by atoms with Crippen molar-refractivity contribution in [2.75, 3.05) is 7.05 Å². The van der Waals surface area contributed by atoms with Gasteiger partial charge in [-0.05, 0) is 36.6 Å². The van der Waals surface area contributed by atoms with Crippen LogP contribution in [0, 0.1) is 6.92 Å². The molecule has 0 heterocycles. The summed E-state index contributed by atoms with van der Waals surface area (Å²) in [5.41, 5.74) is 8.66. The molecule has 1 unspecified atom stereocenters. The molecule has 0 saturated carbocycles. The van der Waals surface area contributed by atoms with Crippen LogP contribution in [-0.4, -0.2) is 13.0 Å². The van der Waals surface area contributed by atoms with Crippen molar-refractivity contribution in [1.82, 2.24) is 5.32 Å². The van der Waals surface area contributed by atoms with Crippen molar-refractivity contribution in [3.8, 4) is 0 Å². The summed E-state index contributed by atoms with van der Waals surface area (Å²) in [6.07, 6.45) is 0. The summed E-state index contributed by atoms with van der Waals surface area (Å²) < 4.78 is 0. The van der Waals surface area contributed by atoms with Gasteiger partial charge in [0.25, 0.3) is 0 Å². The summed E-state index contributed by atoms with van der Waals surface area (Å²) in [7, 11) is 1.75. The second-order valence-electron chi connectivity index (χ2n) is 4.39. The number of amides is 1. The molecule has 0 aliphatic rings. The van der Waals surface area contributed by atoms with Gasteiger partial charge in [0.15, 0.2) is 0 Å².